The summed E-state index contributed by atoms with van der Waals surface area (Å²) in [5.41, 5.74) is 0.310. The standard InChI is InChI=1S/C13H15FN2O/c1-16-12(13(8-15)5-6-13)10-7-9(14)3-4-11(10)17-2/h3-4,7,12,16H,5-6H2,1-2H3. The highest BCUT2D eigenvalue weighted by Gasteiger charge is 2.51. The zero-order valence-electron chi connectivity index (χ0n) is 9.96. The van der Waals surface area contributed by atoms with Crippen LogP contribution in [0, 0.1) is 22.6 Å². The first kappa shape index (κ1) is 11.9. The van der Waals surface area contributed by atoms with Gasteiger partial charge in [0.15, 0.2) is 0 Å². The van der Waals surface area contributed by atoms with Crippen LogP contribution >= 0.6 is 0 Å². The molecule has 1 saturated carbocycles. The van der Waals surface area contributed by atoms with E-state index in [1.54, 1.807) is 20.2 Å². The van der Waals surface area contributed by atoms with Crippen LogP contribution in [0.2, 0.25) is 0 Å². The third-order valence-electron chi connectivity index (χ3n) is 3.36. The van der Waals surface area contributed by atoms with E-state index in [9.17, 15) is 9.65 Å². The fraction of sp³-hybridized carbons (Fsp3) is 0.462. The molecule has 1 aliphatic carbocycles. The van der Waals surface area contributed by atoms with Crippen molar-refractivity contribution in [2.75, 3.05) is 14.2 Å². The summed E-state index contributed by atoms with van der Waals surface area (Å²) in [6.45, 7) is 0. The third kappa shape index (κ3) is 1.98. The van der Waals surface area contributed by atoms with E-state index in [1.807, 2.05) is 0 Å². The van der Waals surface area contributed by atoms with Gasteiger partial charge in [0, 0.05) is 5.56 Å². The summed E-state index contributed by atoms with van der Waals surface area (Å²) in [6, 6.07) is 6.55. The van der Waals surface area contributed by atoms with Crippen LogP contribution in [0.5, 0.6) is 5.75 Å². The molecule has 1 unspecified atom stereocenters. The van der Waals surface area contributed by atoms with Gasteiger partial charge in [-0.25, -0.2) is 4.39 Å². The molecule has 1 fully saturated rings. The molecule has 90 valence electrons. The highest BCUT2D eigenvalue weighted by molar-refractivity contribution is 5.40. The lowest BCUT2D eigenvalue weighted by atomic mass is 9.90. The van der Waals surface area contributed by atoms with E-state index in [4.69, 9.17) is 4.74 Å². The highest BCUT2D eigenvalue weighted by atomic mass is 19.1. The van der Waals surface area contributed by atoms with Crippen molar-refractivity contribution in [1.82, 2.24) is 5.32 Å². The van der Waals surface area contributed by atoms with Gasteiger partial charge in [0.25, 0.3) is 0 Å². The fourth-order valence-corrected chi connectivity index (χ4v) is 2.26. The molecular weight excluding hydrogens is 219 g/mol. The molecule has 1 N–H and O–H groups in total. The van der Waals surface area contributed by atoms with Crippen LogP contribution in [0.15, 0.2) is 18.2 Å². The summed E-state index contributed by atoms with van der Waals surface area (Å²) in [6.07, 6.45) is 1.68. The van der Waals surface area contributed by atoms with Crippen molar-refractivity contribution >= 4 is 0 Å². The molecule has 1 atom stereocenters. The lowest BCUT2D eigenvalue weighted by Crippen LogP contribution is -2.26. The van der Waals surface area contributed by atoms with Crippen molar-refractivity contribution < 1.29 is 9.13 Å². The van der Waals surface area contributed by atoms with Gasteiger partial charge >= 0.3 is 0 Å². The number of hydrogen-bond donors (Lipinski definition) is 1. The maximum absolute atomic E-state index is 13.3. The second-order valence-electron chi connectivity index (χ2n) is 4.38. The predicted octanol–water partition coefficient (Wildman–Crippen LogP) is 2.40. The third-order valence-corrected chi connectivity index (χ3v) is 3.36. The van der Waals surface area contributed by atoms with E-state index >= 15 is 0 Å². The number of nitrogens with zero attached hydrogens (tertiary/aromatic N) is 1. The van der Waals surface area contributed by atoms with E-state index in [1.165, 1.54) is 12.1 Å². The van der Waals surface area contributed by atoms with Gasteiger partial charge in [-0.2, -0.15) is 5.26 Å². The summed E-state index contributed by atoms with van der Waals surface area (Å²) in [5.74, 6) is 0.307. The minimum Gasteiger partial charge on any atom is -0.496 e. The second-order valence-corrected chi connectivity index (χ2v) is 4.38. The SMILES string of the molecule is CNC(c1cc(F)ccc1OC)C1(C#N)CC1. The maximum Gasteiger partial charge on any atom is 0.123 e. The Morgan fingerprint density at radius 1 is 1.53 bits per heavy atom. The largest absolute Gasteiger partial charge is 0.496 e. The van der Waals surface area contributed by atoms with Crippen LogP contribution < -0.4 is 10.1 Å². The normalized spacial score (nSPS) is 18.2. The van der Waals surface area contributed by atoms with Crippen LogP contribution in [-0.2, 0) is 0 Å². The Morgan fingerprint density at radius 2 is 2.24 bits per heavy atom. The average Bonchev–Trinajstić information content (AvgIpc) is 3.11. The molecule has 1 aromatic rings. The minimum atomic E-state index is -0.407. The molecule has 0 amide bonds. The van der Waals surface area contributed by atoms with Crippen LogP contribution in [-0.4, -0.2) is 14.2 Å². The number of nitriles is 1. The van der Waals surface area contributed by atoms with Gasteiger partial charge in [0.05, 0.1) is 24.6 Å². The van der Waals surface area contributed by atoms with E-state index in [2.05, 4.69) is 11.4 Å². The Hall–Kier alpha value is -1.60. The number of methoxy groups -OCH3 is 1. The summed E-state index contributed by atoms with van der Waals surface area (Å²) < 4.78 is 18.6. The smallest absolute Gasteiger partial charge is 0.123 e. The molecule has 1 aliphatic rings. The zero-order valence-corrected chi connectivity index (χ0v) is 9.96. The van der Waals surface area contributed by atoms with Gasteiger partial charge in [-0.3, -0.25) is 0 Å². The Morgan fingerprint density at radius 3 is 2.71 bits per heavy atom. The lowest BCUT2D eigenvalue weighted by Gasteiger charge is -2.23. The van der Waals surface area contributed by atoms with Gasteiger partial charge in [0.1, 0.15) is 11.6 Å². The molecule has 1 aromatic carbocycles. The number of hydrogen-bond acceptors (Lipinski definition) is 3. The number of benzene rings is 1. The van der Waals surface area contributed by atoms with Crippen molar-refractivity contribution in [1.29, 1.82) is 5.26 Å². The Bertz CT molecular complexity index is 463. The van der Waals surface area contributed by atoms with E-state index in [-0.39, 0.29) is 11.9 Å². The monoisotopic (exact) mass is 234 g/mol. The molecule has 0 saturated heterocycles. The first-order valence-electron chi connectivity index (χ1n) is 5.59. The quantitative estimate of drug-likeness (QED) is 0.870. The molecule has 0 aromatic heterocycles. The highest BCUT2D eigenvalue weighted by Crippen LogP contribution is 2.55. The van der Waals surface area contributed by atoms with E-state index < -0.39 is 5.41 Å². The molecule has 2 rings (SSSR count). The summed E-state index contributed by atoms with van der Waals surface area (Å²) in [5, 5.41) is 12.3. The average molecular weight is 234 g/mol. The molecule has 0 spiro atoms. The summed E-state index contributed by atoms with van der Waals surface area (Å²) in [7, 11) is 3.34. The van der Waals surface area contributed by atoms with Crippen molar-refractivity contribution in [2.24, 2.45) is 5.41 Å². The number of halogens is 1. The summed E-state index contributed by atoms with van der Waals surface area (Å²) >= 11 is 0. The topological polar surface area (TPSA) is 45.0 Å². The number of ether oxygens (including phenoxy) is 1. The summed E-state index contributed by atoms with van der Waals surface area (Å²) in [4.78, 5) is 0. The van der Waals surface area contributed by atoms with Crippen molar-refractivity contribution in [2.45, 2.75) is 18.9 Å². The Kier molecular flexibility index (Phi) is 3.03. The molecule has 0 aliphatic heterocycles. The van der Waals surface area contributed by atoms with Crippen LogP contribution in [0.3, 0.4) is 0 Å². The Balaban J connectivity index is 2.44. The van der Waals surface area contributed by atoms with E-state index in [0.29, 0.717) is 11.3 Å². The maximum atomic E-state index is 13.3. The molecular formula is C13H15FN2O. The van der Waals surface area contributed by atoms with Crippen LogP contribution in [0.1, 0.15) is 24.4 Å². The van der Waals surface area contributed by atoms with Crippen molar-refractivity contribution in [3.05, 3.63) is 29.6 Å². The molecule has 0 bridgehead atoms. The van der Waals surface area contributed by atoms with Gasteiger partial charge < -0.3 is 10.1 Å². The van der Waals surface area contributed by atoms with Crippen LogP contribution in [0.25, 0.3) is 0 Å². The molecule has 3 nitrogen and oxygen atoms in total. The van der Waals surface area contributed by atoms with Gasteiger partial charge in [-0.05, 0) is 38.1 Å². The number of rotatable bonds is 4. The van der Waals surface area contributed by atoms with Gasteiger partial charge in [-0.15, -0.1) is 0 Å². The molecule has 17 heavy (non-hydrogen) atoms. The lowest BCUT2D eigenvalue weighted by molar-refractivity contribution is 0.379. The van der Waals surface area contributed by atoms with Crippen molar-refractivity contribution in [3.63, 3.8) is 0 Å². The molecule has 0 heterocycles. The van der Waals surface area contributed by atoms with Gasteiger partial charge in [-0.1, -0.05) is 0 Å². The first-order chi connectivity index (χ1) is 8.16. The van der Waals surface area contributed by atoms with Crippen LogP contribution in [0.4, 0.5) is 4.39 Å². The van der Waals surface area contributed by atoms with E-state index in [0.717, 1.165) is 12.8 Å². The molecule has 0 radical (unpaired) electrons. The molecule has 4 heteroatoms. The Labute approximate surface area is 100 Å². The minimum absolute atomic E-state index is 0.182. The van der Waals surface area contributed by atoms with Gasteiger partial charge in [0.2, 0.25) is 0 Å². The first-order valence-corrected chi connectivity index (χ1v) is 5.59. The second kappa shape index (κ2) is 4.34. The zero-order chi connectivity index (χ0) is 12.5. The predicted molar refractivity (Wildman–Crippen MR) is 62.0 cm³/mol. The number of nitrogens with one attached hydrogen (secondary N) is 1. The fourth-order valence-electron chi connectivity index (χ4n) is 2.26. The van der Waals surface area contributed by atoms with Crippen molar-refractivity contribution in [3.8, 4) is 11.8 Å².